The molecule has 2 aromatic rings. The monoisotopic (exact) mass is 356 g/mol. The summed E-state index contributed by atoms with van der Waals surface area (Å²) in [6, 6.07) is 12.7. The van der Waals surface area contributed by atoms with Crippen molar-refractivity contribution in [1.82, 2.24) is 9.80 Å². The Bertz CT molecular complexity index is 719. The van der Waals surface area contributed by atoms with Crippen LogP contribution in [-0.4, -0.2) is 60.1 Å². The number of amides is 1. The minimum atomic E-state index is 0.0991. The summed E-state index contributed by atoms with van der Waals surface area (Å²) in [6.45, 7) is 4.42. The average molecular weight is 356 g/mol. The largest absolute Gasteiger partial charge is 0.395 e. The second kappa shape index (κ2) is 6.90. The highest BCUT2D eigenvalue weighted by Crippen LogP contribution is 2.45. The third kappa shape index (κ3) is 3.01. The molecule has 4 rings (SSSR count). The zero-order valence-electron chi connectivity index (χ0n) is 14.3. The van der Waals surface area contributed by atoms with Crippen molar-refractivity contribution in [3.63, 3.8) is 0 Å². The van der Waals surface area contributed by atoms with Gasteiger partial charge < -0.3 is 10.0 Å². The van der Waals surface area contributed by atoms with Crippen molar-refractivity contribution < 1.29 is 9.90 Å². The van der Waals surface area contributed by atoms with Gasteiger partial charge in [0.2, 0.25) is 0 Å². The summed E-state index contributed by atoms with van der Waals surface area (Å²) in [5, 5.41) is 13.3. The highest BCUT2D eigenvalue weighted by molar-refractivity contribution is 7.08. The zero-order valence-corrected chi connectivity index (χ0v) is 15.1. The highest BCUT2D eigenvalue weighted by Gasteiger charge is 2.50. The number of fused-ring (bicyclic) bond motifs is 1. The molecule has 2 fully saturated rings. The molecule has 25 heavy (non-hydrogen) atoms. The molecular weight excluding hydrogens is 332 g/mol. The normalized spacial score (nSPS) is 26.6. The second-order valence-electron chi connectivity index (χ2n) is 7.19. The molecule has 2 atom stereocenters. The third-order valence-corrected chi connectivity index (χ3v) is 6.54. The Morgan fingerprint density at radius 2 is 2.08 bits per heavy atom. The minimum Gasteiger partial charge on any atom is -0.395 e. The van der Waals surface area contributed by atoms with Crippen LogP contribution in [0.5, 0.6) is 0 Å². The average Bonchev–Trinajstić information content (AvgIpc) is 3.29. The van der Waals surface area contributed by atoms with E-state index < -0.39 is 0 Å². The van der Waals surface area contributed by atoms with Crippen LogP contribution in [0.1, 0.15) is 22.3 Å². The fraction of sp³-hybridized carbons (Fsp3) is 0.450. The van der Waals surface area contributed by atoms with Gasteiger partial charge in [0.1, 0.15) is 0 Å². The highest BCUT2D eigenvalue weighted by atomic mass is 32.1. The molecule has 5 heteroatoms. The van der Waals surface area contributed by atoms with Gasteiger partial charge in [-0.15, -0.1) is 0 Å². The maximum atomic E-state index is 12.8. The van der Waals surface area contributed by atoms with Gasteiger partial charge in [-0.2, -0.15) is 11.3 Å². The van der Waals surface area contributed by atoms with E-state index in [2.05, 4.69) is 35.2 Å². The van der Waals surface area contributed by atoms with E-state index in [0.717, 1.165) is 38.2 Å². The molecule has 2 aliphatic heterocycles. The molecule has 0 saturated carbocycles. The van der Waals surface area contributed by atoms with Gasteiger partial charge in [-0.1, -0.05) is 30.3 Å². The number of aliphatic hydroxyl groups is 1. The minimum absolute atomic E-state index is 0.0991. The number of benzene rings is 1. The van der Waals surface area contributed by atoms with Crippen LogP contribution in [-0.2, 0) is 5.41 Å². The molecule has 1 aromatic heterocycles. The van der Waals surface area contributed by atoms with Gasteiger partial charge >= 0.3 is 0 Å². The van der Waals surface area contributed by atoms with E-state index in [1.165, 1.54) is 5.56 Å². The Kier molecular flexibility index (Phi) is 4.63. The fourth-order valence-corrected chi connectivity index (χ4v) is 5.22. The molecule has 2 saturated heterocycles. The summed E-state index contributed by atoms with van der Waals surface area (Å²) in [6.07, 6.45) is 0.986. The summed E-state index contributed by atoms with van der Waals surface area (Å²) in [5.41, 5.74) is 2.28. The first-order valence-electron chi connectivity index (χ1n) is 8.93. The molecule has 4 nitrogen and oxygen atoms in total. The van der Waals surface area contributed by atoms with Crippen LogP contribution in [0.3, 0.4) is 0 Å². The summed E-state index contributed by atoms with van der Waals surface area (Å²) < 4.78 is 0. The van der Waals surface area contributed by atoms with Gasteiger partial charge in [0.25, 0.3) is 5.91 Å². The topological polar surface area (TPSA) is 43.8 Å². The summed E-state index contributed by atoms with van der Waals surface area (Å²) in [5.74, 6) is 0.571. The lowest BCUT2D eigenvalue weighted by Crippen LogP contribution is -2.51. The van der Waals surface area contributed by atoms with Crippen LogP contribution < -0.4 is 0 Å². The van der Waals surface area contributed by atoms with Gasteiger partial charge in [-0.3, -0.25) is 9.69 Å². The zero-order chi connectivity index (χ0) is 17.3. The van der Waals surface area contributed by atoms with E-state index in [-0.39, 0.29) is 17.9 Å². The number of likely N-dealkylation sites (tertiary alicyclic amines) is 2. The summed E-state index contributed by atoms with van der Waals surface area (Å²) in [4.78, 5) is 17.2. The molecule has 2 unspecified atom stereocenters. The Labute approximate surface area is 152 Å². The predicted octanol–water partition coefficient (Wildman–Crippen LogP) is 2.46. The van der Waals surface area contributed by atoms with Gasteiger partial charge in [-0.05, 0) is 23.4 Å². The lowest BCUT2D eigenvalue weighted by atomic mass is 9.68. The number of piperidine rings is 1. The molecular formula is C20H24N2O2S. The molecule has 1 amide bonds. The number of nitrogens with zero attached hydrogens (tertiary/aromatic N) is 2. The molecule has 1 N–H and O–H groups in total. The first kappa shape index (κ1) is 16.8. The quantitative estimate of drug-likeness (QED) is 0.915. The first-order chi connectivity index (χ1) is 12.2. The molecule has 2 aliphatic rings. The fourth-order valence-electron chi connectivity index (χ4n) is 4.59. The van der Waals surface area contributed by atoms with Gasteiger partial charge in [0.05, 0.1) is 12.2 Å². The van der Waals surface area contributed by atoms with Gasteiger partial charge in [0.15, 0.2) is 0 Å². The van der Waals surface area contributed by atoms with Crippen molar-refractivity contribution in [3.8, 4) is 0 Å². The number of β-amino-alcohol motifs (C(OH)–C–C–N with tert-alkyl or cyclic N) is 1. The van der Waals surface area contributed by atoms with Crippen molar-refractivity contribution in [1.29, 1.82) is 0 Å². The Morgan fingerprint density at radius 1 is 1.24 bits per heavy atom. The number of carbonyl (C=O) groups is 1. The lowest BCUT2D eigenvalue weighted by Gasteiger charge is -2.44. The van der Waals surface area contributed by atoms with Crippen molar-refractivity contribution in [3.05, 3.63) is 58.3 Å². The maximum Gasteiger partial charge on any atom is 0.254 e. The molecule has 0 bridgehead atoms. The van der Waals surface area contributed by atoms with Crippen LogP contribution in [0.15, 0.2) is 47.2 Å². The smallest absolute Gasteiger partial charge is 0.254 e. The first-order valence-corrected chi connectivity index (χ1v) is 9.87. The molecule has 0 spiro atoms. The van der Waals surface area contributed by atoms with E-state index in [9.17, 15) is 9.90 Å². The Hall–Kier alpha value is -1.69. The predicted molar refractivity (Wildman–Crippen MR) is 100.0 cm³/mol. The van der Waals surface area contributed by atoms with E-state index in [1.807, 2.05) is 21.7 Å². The van der Waals surface area contributed by atoms with Crippen LogP contribution in [0.25, 0.3) is 0 Å². The summed E-state index contributed by atoms with van der Waals surface area (Å²) >= 11 is 1.57. The SMILES string of the molecule is O=C(c1ccsc1)N1CCC2(c3ccccc3)CN(CCO)CC2C1. The number of thiophene rings is 1. The van der Waals surface area contributed by atoms with Crippen LogP contribution in [0.4, 0.5) is 0 Å². The molecule has 0 radical (unpaired) electrons. The lowest BCUT2D eigenvalue weighted by molar-refractivity contribution is 0.0603. The van der Waals surface area contributed by atoms with E-state index in [4.69, 9.17) is 0 Å². The van der Waals surface area contributed by atoms with Crippen LogP contribution in [0.2, 0.25) is 0 Å². The van der Waals surface area contributed by atoms with E-state index in [0.29, 0.717) is 12.5 Å². The number of aliphatic hydroxyl groups excluding tert-OH is 1. The van der Waals surface area contributed by atoms with Crippen molar-refractivity contribution >= 4 is 17.2 Å². The maximum absolute atomic E-state index is 12.8. The van der Waals surface area contributed by atoms with E-state index in [1.54, 1.807) is 11.3 Å². The van der Waals surface area contributed by atoms with Crippen LogP contribution in [0, 0.1) is 5.92 Å². The van der Waals surface area contributed by atoms with E-state index >= 15 is 0 Å². The number of rotatable bonds is 4. The molecule has 1 aromatic carbocycles. The Balaban J connectivity index is 1.60. The number of hydrogen-bond donors (Lipinski definition) is 1. The van der Waals surface area contributed by atoms with Gasteiger partial charge in [-0.25, -0.2) is 0 Å². The second-order valence-corrected chi connectivity index (χ2v) is 7.97. The molecule has 0 aliphatic carbocycles. The van der Waals surface area contributed by atoms with Crippen LogP contribution >= 0.6 is 11.3 Å². The third-order valence-electron chi connectivity index (χ3n) is 5.85. The Morgan fingerprint density at radius 3 is 2.80 bits per heavy atom. The number of hydrogen-bond acceptors (Lipinski definition) is 4. The number of carbonyl (C=O) groups excluding carboxylic acids is 1. The van der Waals surface area contributed by atoms with Crippen molar-refractivity contribution in [2.75, 3.05) is 39.3 Å². The summed E-state index contributed by atoms with van der Waals surface area (Å²) in [7, 11) is 0. The standard InChI is InChI=1S/C20H24N2O2S/c23-10-9-21-12-18-13-22(19(24)16-6-11-25-14-16)8-7-20(18,15-21)17-4-2-1-3-5-17/h1-6,11,14,18,23H,7-10,12-13,15H2. The van der Waals surface area contributed by atoms with Crippen molar-refractivity contribution in [2.45, 2.75) is 11.8 Å². The van der Waals surface area contributed by atoms with Crippen molar-refractivity contribution in [2.24, 2.45) is 5.92 Å². The van der Waals surface area contributed by atoms with Gasteiger partial charge in [0, 0.05) is 49.4 Å². The molecule has 3 heterocycles. The molecule has 132 valence electrons.